The molecule has 2 N–H and O–H groups in total. The summed E-state index contributed by atoms with van der Waals surface area (Å²) < 4.78 is 10.6. The van der Waals surface area contributed by atoms with Crippen LogP contribution < -0.4 is 5.73 Å². The van der Waals surface area contributed by atoms with Crippen LogP contribution in [0, 0.1) is 5.92 Å². The highest BCUT2D eigenvalue weighted by Crippen LogP contribution is 2.36. The largest absolute Gasteiger partial charge is 0.353 e. The maximum absolute atomic E-state index is 5.55. The zero-order chi connectivity index (χ0) is 8.32. The van der Waals surface area contributed by atoms with E-state index in [0.29, 0.717) is 5.92 Å². The van der Waals surface area contributed by atoms with Crippen molar-refractivity contribution in [2.45, 2.75) is 25.0 Å². The van der Waals surface area contributed by atoms with Crippen molar-refractivity contribution in [1.29, 1.82) is 0 Å². The molecule has 0 aromatic heterocycles. The third-order valence-electron chi connectivity index (χ3n) is 2.61. The average Bonchev–Trinajstić information content (AvgIpc) is 2.49. The predicted molar refractivity (Wildman–Crippen MR) is 50.4 cm³/mol. The van der Waals surface area contributed by atoms with Gasteiger partial charge in [0, 0.05) is 27.1 Å². The molecule has 4 heteroatoms. The number of nitrogens with two attached hydrogens (primary N) is 1. The standard InChI is InChI=1S/C8H17NO2.ClH/c1-10-8(11-2)4-3-7(5-8)6-9;/h7H,3-6,9H2,1-2H3;1H. The summed E-state index contributed by atoms with van der Waals surface area (Å²) in [7, 11) is 3.39. The molecule has 3 nitrogen and oxygen atoms in total. The van der Waals surface area contributed by atoms with Gasteiger partial charge in [-0.05, 0) is 18.9 Å². The van der Waals surface area contributed by atoms with E-state index in [2.05, 4.69) is 0 Å². The van der Waals surface area contributed by atoms with Gasteiger partial charge in [-0.3, -0.25) is 0 Å². The summed E-state index contributed by atoms with van der Waals surface area (Å²) in [5.74, 6) is 0.249. The van der Waals surface area contributed by atoms with Gasteiger partial charge in [0.15, 0.2) is 5.79 Å². The maximum Gasteiger partial charge on any atom is 0.167 e. The number of ether oxygens (including phenoxy) is 2. The van der Waals surface area contributed by atoms with Gasteiger partial charge in [0.25, 0.3) is 0 Å². The number of halogens is 1. The maximum atomic E-state index is 5.55. The topological polar surface area (TPSA) is 44.5 Å². The molecule has 0 radical (unpaired) electrons. The fourth-order valence-electron chi connectivity index (χ4n) is 1.72. The van der Waals surface area contributed by atoms with Crippen molar-refractivity contribution in [3.63, 3.8) is 0 Å². The average molecular weight is 196 g/mol. The van der Waals surface area contributed by atoms with Crippen LogP contribution in [0.4, 0.5) is 0 Å². The summed E-state index contributed by atoms with van der Waals surface area (Å²) in [6.45, 7) is 0.745. The summed E-state index contributed by atoms with van der Waals surface area (Å²) in [5.41, 5.74) is 5.55. The molecule has 74 valence electrons. The first-order valence-electron chi connectivity index (χ1n) is 4.06. The van der Waals surface area contributed by atoms with Crippen LogP contribution in [0.25, 0.3) is 0 Å². The quantitative estimate of drug-likeness (QED) is 0.688. The van der Waals surface area contributed by atoms with Gasteiger partial charge in [0.2, 0.25) is 0 Å². The first-order valence-corrected chi connectivity index (χ1v) is 4.06. The summed E-state index contributed by atoms with van der Waals surface area (Å²) in [6, 6.07) is 0. The molecular weight excluding hydrogens is 178 g/mol. The molecular formula is C8H18ClNO2. The lowest BCUT2D eigenvalue weighted by Crippen LogP contribution is -2.30. The minimum atomic E-state index is -0.329. The Morgan fingerprint density at radius 2 is 2.00 bits per heavy atom. The highest BCUT2D eigenvalue weighted by atomic mass is 35.5. The van der Waals surface area contributed by atoms with Crippen molar-refractivity contribution in [2.75, 3.05) is 20.8 Å². The van der Waals surface area contributed by atoms with E-state index in [0.717, 1.165) is 25.8 Å². The van der Waals surface area contributed by atoms with Gasteiger partial charge in [-0.2, -0.15) is 0 Å². The van der Waals surface area contributed by atoms with Crippen molar-refractivity contribution in [2.24, 2.45) is 11.7 Å². The molecule has 1 atom stereocenters. The van der Waals surface area contributed by atoms with E-state index in [-0.39, 0.29) is 18.2 Å². The van der Waals surface area contributed by atoms with Crippen molar-refractivity contribution >= 4 is 12.4 Å². The van der Waals surface area contributed by atoms with Crippen LogP contribution in [-0.2, 0) is 9.47 Å². The molecule has 1 aliphatic rings. The first-order chi connectivity index (χ1) is 5.26. The van der Waals surface area contributed by atoms with Crippen molar-refractivity contribution < 1.29 is 9.47 Å². The van der Waals surface area contributed by atoms with Crippen molar-refractivity contribution in [1.82, 2.24) is 0 Å². The van der Waals surface area contributed by atoms with E-state index in [9.17, 15) is 0 Å². The third kappa shape index (κ3) is 2.33. The van der Waals surface area contributed by atoms with E-state index >= 15 is 0 Å². The van der Waals surface area contributed by atoms with Crippen LogP contribution in [-0.4, -0.2) is 26.6 Å². The molecule has 12 heavy (non-hydrogen) atoms. The molecule has 0 bridgehead atoms. The Bertz CT molecular complexity index is 128. The Morgan fingerprint density at radius 1 is 1.42 bits per heavy atom. The van der Waals surface area contributed by atoms with Crippen LogP contribution in [0.2, 0.25) is 0 Å². The van der Waals surface area contributed by atoms with Gasteiger partial charge in [-0.15, -0.1) is 12.4 Å². The summed E-state index contributed by atoms with van der Waals surface area (Å²) in [4.78, 5) is 0. The Kier molecular flexibility index (Phi) is 5.09. The normalized spacial score (nSPS) is 26.8. The van der Waals surface area contributed by atoms with Crippen LogP contribution in [0.15, 0.2) is 0 Å². The minimum absolute atomic E-state index is 0. The van der Waals surface area contributed by atoms with Crippen LogP contribution in [0.3, 0.4) is 0 Å². The number of methoxy groups -OCH3 is 2. The number of hydrogen-bond donors (Lipinski definition) is 1. The van der Waals surface area contributed by atoms with E-state index in [1.807, 2.05) is 0 Å². The molecule has 1 saturated carbocycles. The summed E-state index contributed by atoms with van der Waals surface area (Å²) >= 11 is 0. The lowest BCUT2D eigenvalue weighted by molar-refractivity contribution is -0.202. The molecule has 0 amide bonds. The highest BCUT2D eigenvalue weighted by Gasteiger charge is 2.38. The molecule has 0 aromatic carbocycles. The molecule has 0 heterocycles. The van der Waals surface area contributed by atoms with Crippen molar-refractivity contribution in [3.8, 4) is 0 Å². The number of hydrogen-bond acceptors (Lipinski definition) is 3. The Balaban J connectivity index is 0.00000121. The highest BCUT2D eigenvalue weighted by molar-refractivity contribution is 5.85. The SMILES string of the molecule is COC1(OC)CCC(CN)C1.Cl. The smallest absolute Gasteiger partial charge is 0.167 e. The van der Waals surface area contributed by atoms with Gasteiger partial charge >= 0.3 is 0 Å². The Hall–Kier alpha value is 0.170. The first kappa shape index (κ1) is 12.2. The van der Waals surface area contributed by atoms with E-state index in [4.69, 9.17) is 15.2 Å². The molecule has 0 aliphatic heterocycles. The minimum Gasteiger partial charge on any atom is -0.353 e. The zero-order valence-electron chi connectivity index (χ0n) is 7.71. The second-order valence-corrected chi connectivity index (χ2v) is 3.16. The van der Waals surface area contributed by atoms with Gasteiger partial charge in [-0.1, -0.05) is 0 Å². The van der Waals surface area contributed by atoms with Gasteiger partial charge in [0.05, 0.1) is 0 Å². The lowest BCUT2D eigenvalue weighted by atomic mass is 10.1. The summed E-state index contributed by atoms with van der Waals surface area (Å²) in [5, 5.41) is 0. The van der Waals surface area contributed by atoms with E-state index in [1.54, 1.807) is 14.2 Å². The second kappa shape index (κ2) is 5.02. The third-order valence-corrected chi connectivity index (χ3v) is 2.61. The summed E-state index contributed by atoms with van der Waals surface area (Å²) in [6.07, 6.45) is 3.04. The van der Waals surface area contributed by atoms with E-state index in [1.165, 1.54) is 0 Å². The van der Waals surface area contributed by atoms with Gasteiger partial charge in [0.1, 0.15) is 0 Å². The lowest BCUT2D eigenvalue weighted by Gasteiger charge is -2.25. The number of rotatable bonds is 3. The molecule has 1 rings (SSSR count). The monoisotopic (exact) mass is 195 g/mol. The zero-order valence-corrected chi connectivity index (χ0v) is 8.52. The fourth-order valence-corrected chi connectivity index (χ4v) is 1.72. The van der Waals surface area contributed by atoms with Gasteiger partial charge in [-0.25, -0.2) is 0 Å². The molecule has 0 spiro atoms. The fraction of sp³-hybridized carbons (Fsp3) is 1.00. The van der Waals surface area contributed by atoms with Crippen LogP contribution in [0.5, 0.6) is 0 Å². The van der Waals surface area contributed by atoms with Gasteiger partial charge < -0.3 is 15.2 Å². The molecule has 1 fully saturated rings. The predicted octanol–water partition coefficient (Wildman–Crippen LogP) is 1.16. The second-order valence-electron chi connectivity index (χ2n) is 3.16. The Labute approximate surface area is 80.0 Å². The molecule has 0 saturated heterocycles. The van der Waals surface area contributed by atoms with Crippen LogP contribution in [0.1, 0.15) is 19.3 Å². The molecule has 0 aromatic rings. The van der Waals surface area contributed by atoms with Crippen LogP contribution >= 0.6 is 12.4 Å². The molecule has 1 unspecified atom stereocenters. The van der Waals surface area contributed by atoms with Crippen molar-refractivity contribution in [3.05, 3.63) is 0 Å². The van der Waals surface area contributed by atoms with E-state index < -0.39 is 0 Å². The Morgan fingerprint density at radius 3 is 2.25 bits per heavy atom. The molecule has 1 aliphatic carbocycles.